The molecule has 0 spiro atoms. The monoisotopic (exact) mass is 509 g/mol. The van der Waals surface area contributed by atoms with Gasteiger partial charge < -0.3 is 24.8 Å². The van der Waals surface area contributed by atoms with Crippen molar-refractivity contribution in [3.63, 3.8) is 0 Å². The van der Waals surface area contributed by atoms with Gasteiger partial charge in [-0.2, -0.15) is 0 Å². The third-order valence-corrected chi connectivity index (χ3v) is 6.44. The Labute approximate surface area is 213 Å². The van der Waals surface area contributed by atoms with Crippen molar-refractivity contribution in [3.05, 3.63) is 65.2 Å². The van der Waals surface area contributed by atoms with Crippen molar-refractivity contribution in [1.82, 2.24) is 25.2 Å². The number of aliphatic hydroxyl groups is 1. The maximum atomic E-state index is 14.6. The van der Waals surface area contributed by atoms with Crippen molar-refractivity contribution in [2.75, 3.05) is 0 Å². The van der Waals surface area contributed by atoms with E-state index in [0.29, 0.717) is 28.3 Å². The number of amides is 2. The molecular formula is C26H28FN5O5. The maximum Gasteiger partial charge on any atom is 0.255 e. The van der Waals surface area contributed by atoms with E-state index in [1.165, 1.54) is 15.6 Å². The van der Waals surface area contributed by atoms with Crippen LogP contribution in [0.15, 0.2) is 42.6 Å². The summed E-state index contributed by atoms with van der Waals surface area (Å²) in [5.74, 6) is -0.0452. The van der Waals surface area contributed by atoms with E-state index in [1.54, 1.807) is 50.4 Å². The summed E-state index contributed by atoms with van der Waals surface area (Å²) in [5, 5.41) is 20.9. The first-order valence-corrected chi connectivity index (χ1v) is 12.2. The molecule has 11 heteroatoms. The molecule has 2 aromatic carbocycles. The molecule has 37 heavy (non-hydrogen) atoms. The summed E-state index contributed by atoms with van der Waals surface area (Å²) in [6.45, 7) is 3.63. The number of carbonyl (C=O) groups excluding carboxylic acids is 2. The number of aromatic nitrogens is 3. The van der Waals surface area contributed by atoms with Crippen molar-refractivity contribution in [2.24, 2.45) is 0 Å². The highest BCUT2D eigenvalue weighted by atomic mass is 19.1. The van der Waals surface area contributed by atoms with Gasteiger partial charge >= 0.3 is 0 Å². The van der Waals surface area contributed by atoms with Crippen LogP contribution in [0.2, 0.25) is 0 Å². The SMILES string of the molecule is CCC(=O)NC(O)C(C)N1Cc2c(OCc3cn(-c4ccc(OC5CC5)cc4F)nn3)cccc2C1=O. The number of ether oxygens (including phenoxy) is 2. The highest BCUT2D eigenvalue weighted by Crippen LogP contribution is 2.33. The first-order valence-electron chi connectivity index (χ1n) is 12.2. The second-order valence-electron chi connectivity index (χ2n) is 9.20. The molecule has 2 heterocycles. The average Bonchev–Trinajstić information content (AvgIpc) is 3.46. The molecular weight excluding hydrogens is 481 g/mol. The molecule has 2 amide bonds. The van der Waals surface area contributed by atoms with Crippen molar-refractivity contribution >= 4 is 11.8 Å². The maximum absolute atomic E-state index is 14.6. The predicted molar refractivity (Wildman–Crippen MR) is 130 cm³/mol. The third kappa shape index (κ3) is 5.26. The van der Waals surface area contributed by atoms with Crippen LogP contribution < -0.4 is 14.8 Å². The number of carbonyl (C=O) groups is 2. The molecule has 2 N–H and O–H groups in total. The summed E-state index contributed by atoms with van der Waals surface area (Å²) in [6, 6.07) is 9.16. The summed E-state index contributed by atoms with van der Waals surface area (Å²) in [5.41, 5.74) is 1.87. The minimum Gasteiger partial charge on any atom is -0.490 e. The lowest BCUT2D eigenvalue weighted by Gasteiger charge is -2.29. The number of hydrogen-bond acceptors (Lipinski definition) is 7. The minimum absolute atomic E-state index is 0.0554. The van der Waals surface area contributed by atoms with Gasteiger partial charge in [-0.05, 0) is 44.0 Å². The van der Waals surface area contributed by atoms with Crippen LogP contribution in [0, 0.1) is 5.82 Å². The Morgan fingerprint density at radius 1 is 1.30 bits per heavy atom. The highest BCUT2D eigenvalue weighted by molar-refractivity contribution is 5.99. The van der Waals surface area contributed by atoms with E-state index in [4.69, 9.17) is 9.47 Å². The Bertz CT molecular complexity index is 1320. The first-order chi connectivity index (χ1) is 17.8. The Balaban J connectivity index is 1.25. The Morgan fingerprint density at radius 2 is 2.11 bits per heavy atom. The highest BCUT2D eigenvalue weighted by Gasteiger charge is 2.36. The van der Waals surface area contributed by atoms with Gasteiger partial charge in [-0.25, -0.2) is 9.07 Å². The quantitative estimate of drug-likeness (QED) is 0.404. The van der Waals surface area contributed by atoms with Gasteiger partial charge in [0.1, 0.15) is 35.7 Å². The number of halogens is 1. The van der Waals surface area contributed by atoms with Gasteiger partial charge in [-0.3, -0.25) is 9.59 Å². The molecule has 1 saturated carbocycles. The number of nitrogens with one attached hydrogen (secondary N) is 1. The number of nitrogens with zero attached hydrogens (tertiary/aromatic N) is 4. The fourth-order valence-electron chi connectivity index (χ4n) is 4.11. The number of fused-ring (bicyclic) bond motifs is 1. The lowest BCUT2D eigenvalue weighted by molar-refractivity contribution is -0.124. The van der Waals surface area contributed by atoms with Crippen LogP contribution in [0.4, 0.5) is 4.39 Å². The normalized spacial score (nSPS) is 16.3. The van der Waals surface area contributed by atoms with E-state index in [2.05, 4.69) is 15.6 Å². The molecule has 2 aliphatic rings. The van der Waals surface area contributed by atoms with E-state index in [1.807, 2.05) is 0 Å². The van der Waals surface area contributed by atoms with E-state index >= 15 is 0 Å². The molecule has 0 bridgehead atoms. The third-order valence-electron chi connectivity index (χ3n) is 6.44. The molecule has 10 nitrogen and oxygen atoms in total. The largest absolute Gasteiger partial charge is 0.490 e. The predicted octanol–water partition coefficient (Wildman–Crippen LogP) is 2.72. The van der Waals surface area contributed by atoms with Gasteiger partial charge in [0.25, 0.3) is 5.91 Å². The molecule has 1 aliphatic carbocycles. The smallest absolute Gasteiger partial charge is 0.255 e. The fraction of sp³-hybridized carbons (Fsp3) is 0.385. The van der Waals surface area contributed by atoms with Crippen LogP contribution in [0.3, 0.4) is 0 Å². The average molecular weight is 510 g/mol. The minimum atomic E-state index is -1.19. The van der Waals surface area contributed by atoms with Gasteiger partial charge in [0.05, 0.1) is 24.9 Å². The van der Waals surface area contributed by atoms with E-state index < -0.39 is 18.1 Å². The van der Waals surface area contributed by atoms with Crippen molar-refractivity contribution in [1.29, 1.82) is 0 Å². The Kier molecular flexibility index (Phi) is 6.79. The summed E-state index contributed by atoms with van der Waals surface area (Å²) >= 11 is 0. The number of aliphatic hydroxyl groups excluding tert-OH is 1. The van der Waals surface area contributed by atoms with Crippen molar-refractivity contribution in [2.45, 2.75) is 64.6 Å². The molecule has 0 radical (unpaired) electrons. The zero-order valence-electron chi connectivity index (χ0n) is 20.6. The van der Waals surface area contributed by atoms with E-state index in [0.717, 1.165) is 12.8 Å². The van der Waals surface area contributed by atoms with Crippen LogP contribution >= 0.6 is 0 Å². The summed E-state index contributed by atoms with van der Waals surface area (Å²) in [6.07, 6.45) is 2.77. The van der Waals surface area contributed by atoms with Crippen molar-refractivity contribution < 1.29 is 28.6 Å². The van der Waals surface area contributed by atoms with Gasteiger partial charge in [0.2, 0.25) is 5.91 Å². The molecule has 2 atom stereocenters. The zero-order valence-corrected chi connectivity index (χ0v) is 20.6. The molecule has 1 fully saturated rings. The molecule has 194 valence electrons. The number of benzene rings is 2. The summed E-state index contributed by atoms with van der Waals surface area (Å²) in [4.78, 5) is 26.1. The number of hydrogen-bond donors (Lipinski definition) is 2. The second kappa shape index (κ2) is 10.2. The summed E-state index contributed by atoms with van der Waals surface area (Å²) in [7, 11) is 0. The van der Waals surface area contributed by atoms with Crippen LogP contribution in [0.5, 0.6) is 11.5 Å². The Morgan fingerprint density at radius 3 is 2.84 bits per heavy atom. The van der Waals surface area contributed by atoms with Crippen LogP contribution in [-0.2, 0) is 17.9 Å². The van der Waals surface area contributed by atoms with Gasteiger partial charge in [0, 0.05) is 23.6 Å². The molecule has 0 saturated heterocycles. The number of rotatable bonds is 10. The molecule has 3 aromatic rings. The van der Waals surface area contributed by atoms with Crippen LogP contribution in [-0.4, -0.2) is 55.2 Å². The van der Waals surface area contributed by atoms with Gasteiger partial charge in [-0.15, -0.1) is 5.10 Å². The lowest BCUT2D eigenvalue weighted by Crippen LogP contribution is -2.50. The van der Waals surface area contributed by atoms with E-state index in [-0.39, 0.29) is 43.2 Å². The van der Waals surface area contributed by atoms with Crippen LogP contribution in [0.25, 0.3) is 5.69 Å². The lowest BCUT2D eigenvalue weighted by atomic mass is 10.1. The van der Waals surface area contributed by atoms with Gasteiger partial charge in [0.15, 0.2) is 5.82 Å². The van der Waals surface area contributed by atoms with Crippen molar-refractivity contribution in [3.8, 4) is 17.2 Å². The molecule has 1 aromatic heterocycles. The molecule has 1 aliphatic heterocycles. The standard InChI is InChI=1S/C26H28FN5O5/c1-3-24(33)28-25(34)15(2)31-13-20-19(26(31)35)5-4-6-23(20)36-14-16-12-32(30-29-16)22-10-9-18(11-21(22)27)37-17-7-8-17/h4-6,9-12,15,17,25,34H,3,7-8,13-14H2,1-2H3,(H,28,33). The van der Waals surface area contributed by atoms with E-state index in [9.17, 15) is 19.1 Å². The summed E-state index contributed by atoms with van der Waals surface area (Å²) < 4.78 is 27.5. The van der Waals surface area contributed by atoms with Gasteiger partial charge in [-0.1, -0.05) is 18.2 Å². The second-order valence-corrected chi connectivity index (χ2v) is 9.20. The van der Waals surface area contributed by atoms with Crippen LogP contribution in [0.1, 0.15) is 54.7 Å². The molecule has 5 rings (SSSR count). The topological polar surface area (TPSA) is 119 Å². The first kappa shape index (κ1) is 24.7. The molecule has 2 unspecified atom stereocenters. The zero-order chi connectivity index (χ0) is 26.1. The Hall–Kier alpha value is -3.99. The fourth-order valence-corrected chi connectivity index (χ4v) is 4.11.